The Morgan fingerprint density at radius 3 is 2.67 bits per heavy atom. The van der Waals surface area contributed by atoms with Crippen molar-refractivity contribution in [2.45, 2.75) is 6.42 Å². The van der Waals surface area contributed by atoms with Crippen molar-refractivity contribution in [2.24, 2.45) is 0 Å². The first-order valence-electron chi connectivity index (χ1n) is 3.52. The Morgan fingerprint density at radius 1 is 1.33 bits per heavy atom. The summed E-state index contributed by atoms with van der Waals surface area (Å²) in [5.41, 5.74) is 1.89. The van der Waals surface area contributed by atoms with Crippen LogP contribution in [0.15, 0.2) is 22.7 Å². The number of rotatable bonds is 2. The number of nitriles is 1. The maximum atomic E-state index is 8.67. The van der Waals surface area contributed by atoms with Gasteiger partial charge in [0.05, 0.1) is 11.6 Å². The lowest BCUT2D eigenvalue weighted by Crippen LogP contribution is -1.87. The van der Waals surface area contributed by atoms with Crippen molar-refractivity contribution in [2.75, 3.05) is 5.33 Å². The smallest absolute Gasteiger partial charge is 0.0992 e. The molecule has 0 fully saturated rings. The third kappa shape index (κ3) is 2.62. The van der Waals surface area contributed by atoms with Crippen LogP contribution in [-0.2, 0) is 6.42 Å². The van der Waals surface area contributed by atoms with E-state index < -0.39 is 0 Å². The van der Waals surface area contributed by atoms with Crippen LogP contribution in [0, 0.1) is 11.3 Å². The van der Waals surface area contributed by atoms with Crippen molar-refractivity contribution >= 4 is 31.9 Å². The Hall–Kier alpha value is -0.330. The van der Waals surface area contributed by atoms with Crippen molar-refractivity contribution in [3.8, 4) is 6.07 Å². The lowest BCUT2D eigenvalue weighted by Gasteiger charge is -1.99. The molecular weight excluding hydrogens is 282 g/mol. The molecule has 3 heteroatoms. The molecule has 12 heavy (non-hydrogen) atoms. The summed E-state index contributed by atoms with van der Waals surface area (Å²) >= 11 is 6.72. The summed E-state index contributed by atoms with van der Waals surface area (Å²) in [5.74, 6) is 0. The van der Waals surface area contributed by atoms with E-state index in [-0.39, 0.29) is 0 Å². The van der Waals surface area contributed by atoms with Gasteiger partial charge in [-0.3, -0.25) is 0 Å². The van der Waals surface area contributed by atoms with Crippen molar-refractivity contribution in [1.29, 1.82) is 5.26 Å². The second-order valence-corrected chi connectivity index (χ2v) is 4.11. The average Bonchev–Trinajstić information content (AvgIpc) is 2.04. The van der Waals surface area contributed by atoms with Gasteiger partial charge in [-0.25, -0.2) is 0 Å². The molecule has 0 aliphatic heterocycles. The van der Waals surface area contributed by atoms with Gasteiger partial charge in [-0.2, -0.15) is 5.26 Å². The van der Waals surface area contributed by atoms with Gasteiger partial charge in [0.25, 0.3) is 0 Å². The zero-order valence-electron chi connectivity index (χ0n) is 6.35. The lowest BCUT2D eigenvalue weighted by atomic mass is 10.1. The van der Waals surface area contributed by atoms with E-state index in [0.29, 0.717) is 5.56 Å². The molecule has 1 rings (SSSR count). The van der Waals surface area contributed by atoms with Gasteiger partial charge in [0.2, 0.25) is 0 Å². The summed E-state index contributed by atoms with van der Waals surface area (Å²) in [6.07, 6.45) is 0.952. The first-order chi connectivity index (χ1) is 5.76. The Balaban J connectivity index is 3.00. The molecule has 0 radical (unpaired) electrons. The molecule has 0 amide bonds. The van der Waals surface area contributed by atoms with Crippen molar-refractivity contribution in [3.05, 3.63) is 33.8 Å². The molecule has 0 aromatic heterocycles. The molecule has 0 heterocycles. The minimum absolute atomic E-state index is 0.709. The maximum Gasteiger partial charge on any atom is 0.0992 e. The molecule has 0 saturated heterocycles. The SMILES string of the molecule is N#Cc1cc(Br)cc(CCBr)c1. The number of aryl methyl sites for hydroxylation is 1. The molecule has 0 unspecified atom stereocenters. The van der Waals surface area contributed by atoms with Gasteiger partial charge in [0, 0.05) is 9.80 Å². The van der Waals surface area contributed by atoms with Crippen LogP contribution in [0.3, 0.4) is 0 Å². The van der Waals surface area contributed by atoms with Gasteiger partial charge in [-0.15, -0.1) is 0 Å². The number of hydrogen-bond donors (Lipinski definition) is 0. The van der Waals surface area contributed by atoms with Gasteiger partial charge in [0.15, 0.2) is 0 Å². The van der Waals surface area contributed by atoms with Crippen LogP contribution in [0.5, 0.6) is 0 Å². The van der Waals surface area contributed by atoms with E-state index in [1.54, 1.807) is 0 Å². The van der Waals surface area contributed by atoms with Gasteiger partial charge in [-0.05, 0) is 30.2 Å². The third-order valence-electron chi connectivity index (χ3n) is 1.47. The van der Waals surface area contributed by atoms with Gasteiger partial charge in [-0.1, -0.05) is 31.9 Å². The Morgan fingerprint density at radius 2 is 2.08 bits per heavy atom. The Labute approximate surface area is 88.7 Å². The summed E-state index contributed by atoms with van der Waals surface area (Å²) in [6, 6.07) is 7.88. The standard InChI is InChI=1S/C9H7Br2N/c10-2-1-7-3-8(6-12)5-9(11)4-7/h3-5H,1-2H2. The summed E-state index contributed by atoms with van der Waals surface area (Å²) < 4.78 is 0.970. The van der Waals surface area contributed by atoms with E-state index in [9.17, 15) is 0 Å². The van der Waals surface area contributed by atoms with Crippen molar-refractivity contribution < 1.29 is 0 Å². The highest BCUT2D eigenvalue weighted by atomic mass is 79.9. The number of nitrogens with zero attached hydrogens (tertiary/aromatic N) is 1. The molecule has 0 N–H and O–H groups in total. The molecule has 0 atom stereocenters. The Kier molecular flexibility index (Phi) is 3.77. The first-order valence-corrected chi connectivity index (χ1v) is 5.43. The van der Waals surface area contributed by atoms with Crippen LogP contribution in [0.2, 0.25) is 0 Å². The maximum absolute atomic E-state index is 8.67. The van der Waals surface area contributed by atoms with Crippen LogP contribution in [0.25, 0.3) is 0 Å². The van der Waals surface area contributed by atoms with Crippen LogP contribution in [0.4, 0.5) is 0 Å². The van der Waals surface area contributed by atoms with E-state index in [1.807, 2.05) is 18.2 Å². The lowest BCUT2D eigenvalue weighted by molar-refractivity contribution is 1.16. The minimum Gasteiger partial charge on any atom is -0.192 e. The zero-order chi connectivity index (χ0) is 8.97. The van der Waals surface area contributed by atoms with Gasteiger partial charge in [0.1, 0.15) is 0 Å². The largest absolute Gasteiger partial charge is 0.192 e. The van der Waals surface area contributed by atoms with Crippen LogP contribution < -0.4 is 0 Å². The number of halogens is 2. The molecule has 0 saturated carbocycles. The van der Waals surface area contributed by atoms with E-state index in [4.69, 9.17) is 5.26 Å². The number of benzene rings is 1. The first kappa shape index (κ1) is 9.76. The fourth-order valence-corrected chi connectivity index (χ4v) is 1.97. The molecule has 1 aromatic carbocycles. The Bertz CT molecular complexity index is 315. The predicted octanol–water partition coefficient (Wildman–Crippen LogP) is 3.26. The molecule has 62 valence electrons. The summed E-state index contributed by atoms with van der Waals surface area (Å²) in [5, 5.41) is 9.60. The van der Waals surface area contributed by atoms with E-state index in [1.165, 1.54) is 5.56 Å². The zero-order valence-corrected chi connectivity index (χ0v) is 9.52. The highest BCUT2D eigenvalue weighted by molar-refractivity contribution is 9.10. The average molecular weight is 289 g/mol. The summed E-state index contributed by atoms with van der Waals surface area (Å²) in [6.45, 7) is 0. The second kappa shape index (κ2) is 4.64. The van der Waals surface area contributed by atoms with Gasteiger partial charge >= 0.3 is 0 Å². The predicted molar refractivity (Wildman–Crippen MR) is 56.4 cm³/mol. The fraction of sp³-hybridized carbons (Fsp3) is 0.222. The van der Waals surface area contributed by atoms with Gasteiger partial charge < -0.3 is 0 Å². The highest BCUT2D eigenvalue weighted by Crippen LogP contribution is 2.16. The molecule has 0 aliphatic carbocycles. The van der Waals surface area contributed by atoms with E-state index in [2.05, 4.69) is 37.9 Å². The topological polar surface area (TPSA) is 23.8 Å². The molecular formula is C9H7Br2N. The quantitative estimate of drug-likeness (QED) is 0.767. The minimum atomic E-state index is 0.709. The third-order valence-corrected chi connectivity index (χ3v) is 2.32. The van der Waals surface area contributed by atoms with E-state index >= 15 is 0 Å². The molecule has 1 aromatic rings. The highest BCUT2D eigenvalue weighted by Gasteiger charge is 1.97. The van der Waals surface area contributed by atoms with E-state index in [0.717, 1.165) is 16.2 Å². The normalized spacial score (nSPS) is 9.42. The molecule has 0 spiro atoms. The van der Waals surface area contributed by atoms with Crippen LogP contribution in [-0.4, -0.2) is 5.33 Å². The second-order valence-electron chi connectivity index (χ2n) is 2.40. The van der Waals surface area contributed by atoms with Crippen molar-refractivity contribution in [1.82, 2.24) is 0 Å². The summed E-state index contributed by atoms with van der Waals surface area (Å²) in [4.78, 5) is 0. The number of alkyl halides is 1. The van der Waals surface area contributed by atoms with Crippen molar-refractivity contribution in [3.63, 3.8) is 0 Å². The molecule has 1 nitrogen and oxygen atoms in total. The molecule has 0 bridgehead atoms. The molecule has 0 aliphatic rings. The van der Waals surface area contributed by atoms with Crippen LogP contribution in [0.1, 0.15) is 11.1 Å². The summed E-state index contributed by atoms with van der Waals surface area (Å²) in [7, 11) is 0. The fourth-order valence-electron chi connectivity index (χ4n) is 0.968. The monoisotopic (exact) mass is 287 g/mol. The van der Waals surface area contributed by atoms with Crippen LogP contribution >= 0.6 is 31.9 Å². The number of hydrogen-bond acceptors (Lipinski definition) is 1.